The van der Waals surface area contributed by atoms with Crippen molar-refractivity contribution in [2.45, 2.75) is 10.9 Å². The highest BCUT2D eigenvalue weighted by Gasteiger charge is 2.17. The molecule has 0 amide bonds. The van der Waals surface area contributed by atoms with Crippen LogP contribution in [0.4, 0.5) is 4.39 Å². The molecular formula is C23H15ClFN5OS. The Hall–Kier alpha value is -3.49. The number of thioether (sulfide) groups is 1. The summed E-state index contributed by atoms with van der Waals surface area (Å²) >= 11 is 7.42. The van der Waals surface area contributed by atoms with Crippen LogP contribution in [-0.4, -0.2) is 24.7 Å². The molecule has 0 fully saturated rings. The summed E-state index contributed by atoms with van der Waals surface area (Å²) in [5.41, 5.74) is 1.90. The second-order valence-electron chi connectivity index (χ2n) is 6.95. The number of nitrogens with one attached hydrogen (secondary N) is 1. The lowest BCUT2D eigenvalue weighted by molar-refractivity contribution is 0.627. The van der Waals surface area contributed by atoms with Crippen LogP contribution in [0.1, 0.15) is 5.82 Å². The van der Waals surface area contributed by atoms with E-state index in [0.717, 1.165) is 11.3 Å². The number of hydrogen-bond donors (Lipinski definition) is 1. The quantitative estimate of drug-likeness (QED) is 0.360. The fourth-order valence-corrected chi connectivity index (χ4v) is 4.31. The number of benzene rings is 3. The van der Waals surface area contributed by atoms with Gasteiger partial charge >= 0.3 is 0 Å². The Morgan fingerprint density at radius 2 is 1.78 bits per heavy atom. The Balaban J connectivity index is 1.53. The smallest absolute Gasteiger partial charge is 0.258 e. The van der Waals surface area contributed by atoms with Crippen molar-refractivity contribution in [3.8, 4) is 17.1 Å². The minimum absolute atomic E-state index is 0.229. The van der Waals surface area contributed by atoms with Crippen LogP contribution >= 0.6 is 23.4 Å². The number of aromatic nitrogens is 5. The molecule has 1 N–H and O–H groups in total. The van der Waals surface area contributed by atoms with E-state index in [4.69, 9.17) is 11.6 Å². The third-order valence-corrected chi connectivity index (χ3v) is 5.98. The van der Waals surface area contributed by atoms with Gasteiger partial charge in [-0.2, -0.15) is 0 Å². The second kappa shape index (κ2) is 8.57. The van der Waals surface area contributed by atoms with E-state index < -0.39 is 0 Å². The fourth-order valence-electron chi connectivity index (χ4n) is 3.32. The van der Waals surface area contributed by atoms with Crippen molar-refractivity contribution < 1.29 is 4.39 Å². The molecule has 0 aliphatic carbocycles. The molecule has 3 aromatic carbocycles. The maximum absolute atomic E-state index is 13.5. The molecular weight excluding hydrogens is 449 g/mol. The molecule has 32 heavy (non-hydrogen) atoms. The average Bonchev–Trinajstić information content (AvgIpc) is 3.22. The summed E-state index contributed by atoms with van der Waals surface area (Å²) < 4.78 is 15.4. The lowest BCUT2D eigenvalue weighted by Gasteiger charge is -2.10. The molecule has 0 spiro atoms. The first kappa shape index (κ1) is 20.4. The number of halogens is 2. The standard InChI is InChI=1S/C23H15ClFN5OS/c24-15-6-11-18-19(12-15)26-20(27-22(18)31)13-32-23-29-28-21(14-4-2-1-3-5-14)30(23)17-9-7-16(25)8-10-17/h1-12H,13H2,(H,26,27,31). The van der Waals surface area contributed by atoms with Gasteiger partial charge in [-0.3, -0.25) is 9.36 Å². The maximum Gasteiger partial charge on any atom is 0.258 e. The highest BCUT2D eigenvalue weighted by molar-refractivity contribution is 7.98. The molecule has 0 atom stereocenters. The van der Waals surface area contributed by atoms with Crippen molar-refractivity contribution in [2.24, 2.45) is 0 Å². The Morgan fingerprint density at radius 3 is 2.56 bits per heavy atom. The predicted octanol–water partition coefficient (Wildman–Crippen LogP) is 5.26. The van der Waals surface area contributed by atoms with Gasteiger partial charge in [0.1, 0.15) is 11.6 Å². The van der Waals surface area contributed by atoms with Crippen molar-refractivity contribution in [1.82, 2.24) is 24.7 Å². The van der Waals surface area contributed by atoms with Crippen LogP contribution in [0.15, 0.2) is 82.7 Å². The summed E-state index contributed by atoms with van der Waals surface area (Å²) in [6.45, 7) is 0. The lowest BCUT2D eigenvalue weighted by atomic mass is 10.2. The van der Waals surface area contributed by atoms with Gasteiger partial charge in [0.25, 0.3) is 5.56 Å². The van der Waals surface area contributed by atoms with Gasteiger partial charge in [-0.25, -0.2) is 9.37 Å². The van der Waals surface area contributed by atoms with Crippen LogP contribution in [-0.2, 0) is 5.75 Å². The topological polar surface area (TPSA) is 76.5 Å². The van der Waals surface area contributed by atoms with Gasteiger partial charge in [0.2, 0.25) is 0 Å². The van der Waals surface area contributed by atoms with Gasteiger partial charge in [0.15, 0.2) is 11.0 Å². The third-order valence-electron chi connectivity index (χ3n) is 4.81. The zero-order valence-electron chi connectivity index (χ0n) is 16.5. The second-order valence-corrected chi connectivity index (χ2v) is 8.33. The number of fused-ring (bicyclic) bond motifs is 1. The van der Waals surface area contributed by atoms with Crippen LogP contribution in [0.5, 0.6) is 0 Å². The normalized spacial score (nSPS) is 11.2. The number of rotatable bonds is 5. The zero-order chi connectivity index (χ0) is 22.1. The monoisotopic (exact) mass is 463 g/mol. The van der Waals surface area contributed by atoms with E-state index >= 15 is 0 Å². The summed E-state index contributed by atoms with van der Waals surface area (Å²) in [4.78, 5) is 19.7. The van der Waals surface area contributed by atoms with Crippen LogP contribution < -0.4 is 5.56 Å². The molecule has 0 saturated carbocycles. The molecule has 6 nitrogen and oxygen atoms in total. The Bertz CT molecular complexity index is 1470. The van der Waals surface area contributed by atoms with Gasteiger partial charge in [0, 0.05) is 16.3 Å². The van der Waals surface area contributed by atoms with Crippen molar-refractivity contribution in [3.63, 3.8) is 0 Å². The molecule has 0 aliphatic heterocycles. The van der Waals surface area contributed by atoms with Crippen LogP contribution in [0.2, 0.25) is 5.02 Å². The Labute approximate surface area is 191 Å². The van der Waals surface area contributed by atoms with E-state index in [1.54, 1.807) is 30.3 Å². The summed E-state index contributed by atoms with van der Waals surface area (Å²) in [5.74, 6) is 1.15. The maximum atomic E-state index is 13.5. The van der Waals surface area contributed by atoms with Gasteiger partial charge in [0.05, 0.1) is 16.7 Å². The van der Waals surface area contributed by atoms with Crippen LogP contribution in [0.3, 0.4) is 0 Å². The van der Waals surface area contributed by atoms with E-state index in [1.807, 2.05) is 34.9 Å². The summed E-state index contributed by atoms with van der Waals surface area (Å²) in [6.07, 6.45) is 0. The van der Waals surface area contributed by atoms with Crippen molar-refractivity contribution in [3.05, 3.63) is 99.8 Å². The lowest BCUT2D eigenvalue weighted by Crippen LogP contribution is -2.11. The minimum Gasteiger partial charge on any atom is -0.309 e. The molecule has 9 heteroatoms. The zero-order valence-corrected chi connectivity index (χ0v) is 18.1. The Morgan fingerprint density at radius 1 is 1.00 bits per heavy atom. The first-order valence-electron chi connectivity index (χ1n) is 9.66. The SMILES string of the molecule is O=c1[nH]c(CSc2nnc(-c3ccccc3)n2-c2ccc(F)cc2)nc2cc(Cl)ccc12. The first-order chi connectivity index (χ1) is 15.6. The fraction of sp³-hybridized carbons (Fsp3) is 0.0435. The molecule has 5 rings (SSSR count). The third kappa shape index (κ3) is 4.02. The van der Waals surface area contributed by atoms with Crippen molar-refractivity contribution in [1.29, 1.82) is 0 Å². The number of aromatic amines is 1. The summed E-state index contributed by atoms with van der Waals surface area (Å²) in [6, 6.07) is 20.7. The summed E-state index contributed by atoms with van der Waals surface area (Å²) in [7, 11) is 0. The van der Waals surface area contributed by atoms with Gasteiger partial charge < -0.3 is 4.98 Å². The van der Waals surface area contributed by atoms with Crippen LogP contribution in [0.25, 0.3) is 28.0 Å². The minimum atomic E-state index is -0.325. The predicted molar refractivity (Wildman–Crippen MR) is 124 cm³/mol. The molecule has 158 valence electrons. The van der Waals surface area contributed by atoms with Crippen LogP contribution in [0, 0.1) is 5.82 Å². The molecule has 0 radical (unpaired) electrons. The van der Waals surface area contributed by atoms with E-state index in [0.29, 0.717) is 38.5 Å². The van der Waals surface area contributed by atoms with E-state index in [2.05, 4.69) is 20.2 Å². The average molecular weight is 464 g/mol. The molecule has 0 unspecified atom stereocenters. The molecule has 0 bridgehead atoms. The molecule has 2 aromatic heterocycles. The molecule has 5 aromatic rings. The van der Waals surface area contributed by atoms with Gasteiger partial charge in [-0.05, 0) is 42.5 Å². The van der Waals surface area contributed by atoms with E-state index in [-0.39, 0.29) is 11.4 Å². The number of nitrogens with zero attached hydrogens (tertiary/aromatic N) is 4. The Kier molecular flexibility index (Phi) is 5.46. The molecule has 0 saturated heterocycles. The molecule has 0 aliphatic rings. The van der Waals surface area contributed by atoms with Gasteiger partial charge in [-0.15, -0.1) is 10.2 Å². The first-order valence-corrected chi connectivity index (χ1v) is 11.0. The van der Waals surface area contributed by atoms with E-state index in [9.17, 15) is 9.18 Å². The van der Waals surface area contributed by atoms with E-state index in [1.165, 1.54) is 23.9 Å². The van der Waals surface area contributed by atoms with Crippen molar-refractivity contribution in [2.75, 3.05) is 0 Å². The highest BCUT2D eigenvalue weighted by atomic mass is 35.5. The summed E-state index contributed by atoms with van der Waals surface area (Å²) in [5, 5.41) is 10.3. The number of H-pyrrole nitrogens is 1. The largest absolute Gasteiger partial charge is 0.309 e. The van der Waals surface area contributed by atoms with Crippen molar-refractivity contribution >= 4 is 34.3 Å². The number of hydrogen-bond acceptors (Lipinski definition) is 5. The highest BCUT2D eigenvalue weighted by Crippen LogP contribution is 2.29. The van der Waals surface area contributed by atoms with Gasteiger partial charge in [-0.1, -0.05) is 53.7 Å². The molecule has 2 heterocycles.